The Morgan fingerprint density at radius 1 is 0.920 bits per heavy atom. The average Bonchev–Trinajstić information content (AvgIpc) is 3.00. The monoisotopic (exact) mass is 339 g/mol. The van der Waals surface area contributed by atoms with Gasteiger partial charge in [0, 0.05) is 17.9 Å². The van der Waals surface area contributed by atoms with Crippen LogP contribution in [0.2, 0.25) is 0 Å². The lowest BCUT2D eigenvalue weighted by molar-refractivity contribution is 0.103. The number of rotatable bonds is 1. The fourth-order valence-corrected chi connectivity index (χ4v) is 6.87. The van der Waals surface area contributed by atoms with Gasteiger partial charge in [0.2, 0.25) is 0 Å². The first-order chi connectivity index (χ1) is 11.9. The van der Waals surface area contributed by atoms with E-state index in [-0.39, 0.29) is 40.3 Å². The van der Waals surface area contributed by atoms with E-state index in [0.29, 0.717) is 17.8 Å². The zero-order valence-electron chi connectivity index (χ0n) is 15.1. The fourth-order valence-electron chi connectivity index (χ4n) is 6.87. The van der Waals surface area contributed by atoms with Gasteiger partial charge in [-0.2, -0.15) is 0 Å². The molecule has 132 valence electrons. The summed E-state index contributed by atoms with van der Waals surface area (Å²) >= 11 is 0. The van der Waals surface area contributed by atoms with Gasteiger partial charge in [-0.05, 0) is 36.0 Å². The Hall–Kier alpha value is -1.78. The van der Waals surface area contributed by atoms with Gasteiger partial charge >= 0.3 is 11.4 Å². The summed E-state index contributed by atoms with van der Waals surface area (Å²) in [4.78, 5) is 26.7. The van der Waals surface area contributed by atoms with E-state index in [0.717, 1.165) is 12.8 Å². The molecular weight excluding hydrogens is 314 g/mol. The van der Waals surface area contributed by atoms with E-state index in [4.69, 9.17) is 0 Å². The summed E-state index contributed by atoms with van der Waals surface area (Å²) in [6.45, 7) is 6.97. The zero-order valence-corrected chi connectivity index (χ0v) is 15.1. The summed E-state index contributed by atoms with van der Waals surface area (Å²) in [6.07, 6.45) is 12.0. The molecule has 0 spiro atoms. The molecule has 7 rings (SSSR count). The maximum atomic E-state index is 13.4. The maximum absolute atomic E-state index is 13.4. The zero-order chi connectivity index (χ0) is 17.3. The number of allylic oxidation sites excluding steroid dienone is 4. The van der Waals surface area contributed by atoms with Crippen molar-refractivity contribution in [1.82, 2.24) is 13.9 Å². The number of hydrogen-bond donors (Lipinski definition) is 0. The third-order valence-electron chi connectivity index (χ3n) is 8.95. The van der Waals surface area contributed by atoms with Crippen molar-refractivity contribution in [2.45, 2.75) is 58.2 Å². The van der Waals surface area contributed by atoms with Crippen molar-refractivity contribution in [3.63, 3.8) is 0 Å². The van der Waals surface area contributed by atoms with Crippen molar-refractivity contribution in [2.24, 2.45) is 28.6 Å². The van der Waals surface area contributed by atoms with Crippen molar-refractivity contribution in [2.75, 3.05) is 0 Å². The minimum absolute atomic E-state index is 0.0147. The highest BCUT2D eigenvalue weighted by Crippen LogP contribution is 2.69. The van der Waals surface area contributed by atoms with Crippen molar-refractivity contribution < 1.29 is 0 Å². The predicted molar refractivity (Wildman–Crippen MR) is 94.6 cm³/mol. The van der Waals surface area contributed by atoms with Crippen molar-refractivity contribution >= 4 is 0 Å². The lowest BCUT2D eigenvalue weighted by atomic mass is 9.68. The van der Waals surface area contributed by atoms with Gasteiger partial charge < -0.3 is 0 Å². The minimum atomic E-state index is -0.0855. The Morgan fingerprint density at radius 2 is 1.48 bits per heavy atom. The van der Waals surface area contributed by atoms with Crippen LogP contribution >= 0.6 is 0 Å². The van der Waals surface area contributed by atoms with Crippen LogP contribution in [0.15, 0.2) is 33.9 Å². The van der Waals surface area contributed by atoms with Crippen LogP contribution < -0.4 is 11.4 Å². The Balaban J connectivity index is 1.57. The Bertz CT molecular complexity index is 921. The highest BCUT2D eigenvalue weighted by molar-refractivity contribution is 5.27. The van der Waals surface area contributed by atoms with E-state index >= 15 is 0 Å². The first-order valence-corrected chi connectivity index (χ1v) is 9.68. The van der Waals surface area contributed by atoms with E-state index in [1.807, 2.05) is 0 Å². The molecule has 3 heterocycles. The summed E-state index contributed by atoms with van der Waals surface area (Å²) in [6, 6.07) is 0.0681. The molecule has 0 saturated heterocycles. The highest BCUT2D eigenvalue weighted by atomic mass is 16.2. The van der Waals surface area contributed by atoms with Gasteiger partial charge in [-0.15, -0.1) is 0 Å². The molecule has 25 heavy (non-hydrogen) atoms. The van der Waals surface area contributed by atoms with Gasteiger partial charge in [-0.25, -0.2) is 23.5 Å². The van der Waals surface area contributed by atoms with Crippen LogP contribution in [-0.2, 0) is 0 Å². The number of hydrogen-bond acceptors (Lipinski definition) is 2. The van der Waals surface area contributed by atoms with Gasteiger partial charge in [-0.3, -0.25) is 0 Å². The van der Waals surface area contributed by atoms with Crippen molar-refractivity contribution in [3.8, 4) is 0 Å². The molecule has 4 bridgehead atoms. The molecule has 2 fully saturated rings. The second-order valence-corrected chi connectivity index (χ2v) is 9.66. The van der Waals surface area contributed by atoms with E-state index in [9.17, 15) is 9.59 Å². The summed E-state index contributed by atoms with van der Waals surface area (Å²) in [5, 5.41) is 0. The second-order valence-electron chi connectivity index (χ2n) is 9.66. The lowest BCUT2D eigenvalue weighted by Crippen LogP contribution is -2.50. The smallest absolute Gasteiger partial charge is 0.246 e. The summed E-state index contributed by atoms with van der Waals surface area (Å²) < 4.78 is 5.17. The van der Waals surface area contributed by atoms with Gasteiger partial charge in [0.25, 0.3) is 0 Å². The molecule has 1 aromatic heterocycles. The molecule has 6 aliphatic rings. The summed E-state index contributed by atoms with van der Waals surface area (Å²) in [5.41, 5.74) is 0.0482. The maximum Gasteiger partial charge on any atom is 0.348 e. The Kier molecular flexibility index (Phi) is 2.28. The van der Waals surface area contributed by atoms with Crippen LogP contribution in [0.4, 0.5) is 0 Å². The molecular formula is C20H25N3O2. The van der Waals surface area contributed by atoms with Crippen LogP contribution in [0, 0.1) is 28.6 Å². The van der Waals surface area contributed by atoms with Gasteiger partial charge in [-0.1, -0.05) is 45.1 Å². The minimum Gasteiger partial charge on any atom is -0.246 e. The predicted octanol–water partition coefficient (Wildman–Crippen LogP) is 2.67. The standard InChI is InChI=1S/C20H25N3O2/c1-19(2)11-8-9-20(19,3)16(10-11)21-17(24)22-14-6-7-15(23(22)18(21)25)13-5-4-12(13)14/h4-7,11-16H,8-10H2,1-3H3/t11-,12-,13-,14+,15+,16+,20-/m0/s1. The molecule has 5 heteroatoms. The van der Waals surface area contributed by atoms with E-state index in [2.05, 4.69) is 45.1 Å². The molecule has 2 saturated carbocycles. The summed E-state index contributed by atoms with van der Waals surface area (Å²) in [5.74, 6) is 1.38. The second kappa shape index (κ2) is 3.97. The van der Waals surface area contributed by atoms with Crippen LogP contribution in [0.5, 0.6) is 0 Å². The fraction of sp³-hybridized carbons (Fsp3) is 0.700. The topological polar surface area (TPSA) is 48.9 Å². The number of aromatic nitrogens is 3. The lowest BCUT2D eigenvalue weighted by Gasteiger charge is -2.47. The van der Waals surface area contributed by atoms with Crippen molar-refractivity contribution in [1.29, 1.82) is 0 Å². The molecule has 0 N–H and O–H groups in total. The molecule has 4 aliphatic carbocycles. The Morgan fingerprint density at radius 3 is 1.88 bits per heavy atom. The van der Waals surface area contributed by atoms with Crippen LogP contribution in [-0.4, -0.2) is 13.9 Å². The van der Waals surface area contributed by atoms with Gasteiger partial charge in [0.05, 0.1) is 12.1 Å². The summed E-state index contributed by atoms with van der Waals surface area (Å²) in [7, 11) is 0. The third kappa shape index (κ3) is 1.31. The van der Waals surface area contributed by atoms with E-state index in [1.165, 1.54) is 6.42 Å². The molecule has 1 aromatic rings. The molecule has 0 unspecified atom stereocenters. The molecule has 5 nitrogen and oxygen atoms in total. The molecule has 0 radical (unpaired) electrons. The van der Waals surface area contributed by atoms with E-state index in [1.54, 1.807) is 13.9 Å². The van der Waals surface area contributed by atoms with Gasteiger partial charge in [0.1, 0.15) is 0 Å². The van der Waals surface area contributed by atoms with Crippen LogP contribution in [0.1, 0.15) is 58.2 Å². The highest BCUT2D eigenvalue weighted by Gasteiger charge is 2.63. The Labute approximate surface area is 146 Å². The number of fused-ring (bicyclic) bond motifs is 2. The molecule has 0 amide bonds. The van der Waals surface area contributed by atoms with E-state index < -0.39 is 0 Å². The normalized spacial score (nSPS) is 47.0. The van der Waals surface area contributed by atoms with Gasteiger partial charge in [0.15, 0.2) is 0 Å². The van der Waals surface area contributed by atoms with Crippen molar-refractivity contribution in [3.05, 3.63) is 45.3 Å². The SMILES string of the molecule is CC1(C)[C@H]2CC[C@@]1(C)[C@H](n1c(=O)n3n(c1=O)[C@@H]1C=C[C@@H]3[C@H]3C=C[C@@H]31)C2. The largest absolute Gasteiger partial charge is 0.348 e. The third-order valence-corrected chi connectivity index (χ3v) is 8.95. The van der Waals surface area contributed by atoms with Crippen LogP contribution in [0.25, 0.3) is 0 Å². The first kappa shape index (κ1) is 14.4. The quantitative estimate of drug-likeness (QED) is 0.739. The first-order valence-electron chi connectivity index (χ1n) is 9.68. The average molecular weight is 339 g/mol. The molecule has 0 aromatic carbocycles. The van der Waals surface area contributed by atoms with Crippen LogP contribution in [0.3, 0.4) is 0 Å². The molecule has 2 aliphatic heterocycles. The molecule has 7 atom stereocenters. The number of nitrogens with zero attached hydrogens (tertiary/aromatic N) is 3.